The molecule has 0 aliphatic heterocycles. The number of anilines is 1. The van der Waals surface area contributed by atoms with Gasteiger partial charge in [-0.1, -0.05) is 17.7 Å². The molecule has 2 heterocycles. The number of rotatable bonds is 2. The molecule has 0 unspecified atom stereocenters. The lowest BCUT2D eigenvalue weighted by Crippen LogP contribution is -2.01. The van der Waals surface area contributed by atoms with E-state index in [0.717, 1.165) is 5.56 Å². The van der Waals surface area contributed by atoms with Gasteiger partial charge in [0.1, 0.15) is 17.7 Å². The summed E-state index contributed by atoms with van der Waals surface area (Å²) in [5.74, 6) is -0.103. The fraction of sp³-hybridized carbons (Fsp3) is 0.0833. The van der Waals surface area contributed by atoms with Gasteiger partial charge in [0.15, 0.2) is 11.5 Å². The molecule has 0 aliphatic rings. The molecule has 7 heteroatoms. The highest BCUT2D eigenvalue weighted by molar-refractivity contribution is 6.30. The monoisotopic (exact) mass is 277 g/mol. The molecule has 5 nitrogen and oxygen atoms in total. The predicted molar refractivity (Wildman–Crippen MR) is 70.2 cm³/mol. The zero-order valence-electron chi connectivity index (χ0n) is 9.72. The van der Waals surface area contributed by atoms with Crippen LogP contribution in [0, 0.1) is 5.82 Å². The van der Waals surface area contributed by atoms with Gasteiger partial charge in [0.25, 0.3) is 0 Å². The Hall–Kier alpha value is -2.21. The average molecular weight is 278 g/mol. The molecule has 3 rings (SSSR count). The summed E-state index contributed by atoms with van der Waals surface area (Å²) in [6, 6.07) is 4.57. The van der Waals surface area contributed by atoms with Crippen LogP contribution in [0.15, 0.2) is 30.9 Å². The Balaban J connectivity index is 2.01. The second kappa shape index (κ2) is 4.47. The van der Waals surface area contributed by atoms with E-state index in [2.05, 4.69) is 15.0 Å². The Morgan fingerprint density at radius 2 is 2.11 bits per heavy atom. The summed E-state index contributed by atoms with van der Waals surface area (Å²) in [4.78, 5) is 12.2. The number of aromatic nitrogens is 4. The van der Waals surface area contributed by atoms with Gasteiger partial charge >= 0.3 is 0 Å². The molecule has 0 radical (unpaired) electrons. The summed E-state index contributed by atoms with van der Waals surface area (Å²) in [6.07, 6.45) is 3.00. The van der Waals surface area contributed by atoms with Crippen LogP contribution < -0.4 is 5.73 Å². The van der Waals surface area contributed by atoms with E-state index < -0.39 is 5.82 Å². The Morgan fingerprint density at radius 3 is 2.89 bits per heavy atom. The van der Waals surface area contributed by atoms with Crippen molar-refractivity contribution < 1.29 is 4.39 Å². The molecule has 0 atom stereocenters. The second-order valence-electron chi connectivity index (χ2n) is 4.05. The highest BCUT2D eigenvalue weighted by atomic mass is 35.5. The van der Waals surface area contributed by atoms with E-state index in [4.69, 9.17) is 17.3 Å². The van der Waals surface area contributed by atoms with Gasteiger partial charge in [0.2, 0.25) is 0 Å². The molecule has 0 bridgehead atoms. The van der Waals surface area contributed by atoms with E-state index in [1.165, 1.54) is 12.4 Å². The quantitative estimate of drug-likeness (QED) is 0.780. The number of fused-ring (bicyclic) bond motifs is 1. The van der Waals surface area contributed by atoms with E-state index in [0.29, 0.717) is 23.5 Å². The maximum Gasteiger partial charge on any atom is 0.165 e. The number of nitrogen functional groups attached to an aromatic ring is 1. The normalized spacial score (nSPS) is 11.1. The fourth-order valence-corrected chi connectivity index (χ4v) is 2.05. The number of nitrogens with two attached hydrogens (primary N) is 1. The van der Waals surface area contributed by atoms with Crippen molar-refractivity contribution >= 4 is 28.6 Å². The summed E-state index contributed by atoms with van der Waals surface area (Å²) in [7, 11) is 0. The van der Waals surface area contributed by atoms with Gasteiger partial charge in [-0.3, -0.25) is 0 Å². The Kier molecular flexibility index (Phi) is 2.79. The first-order valence-corrected chi connectivity index (χ1v) is 5.88. The van der Waals surface area contributed by atoms with Crippen LogP contribution in [-0.4, -0.2) is 19.5 Å². The Labute approximate surface area is 112 Å². The summed E-state index contributed by atoms with van der Waals surface area (Å²) in [6.45, 7) is 0.479. The van der Waals surface area contributed by atoms with E-state index in [1.807, 2.05) is 0 Å². The van der Waals surface area contributed by atoms with Gasteiger partial charge in [-0.25, -0.2) is 19.3 Å². The summed E-state index contributed by atoms with van der Waals surface area (Å²) in [5.41, 5.74) is 7.74. The molecule has 0 aliphatic carbocycles. The predicted octanol–water partition coefficient (Wildman–Crippen LogP) is 2.25. The molecule has 0 spiro atoms. The summed E-state index contributed by atoms with van der Waals surface area (Å²) < 4.78 is 14.9. The van der Waals surface area contributed by atoms with E-state index in [9.17, 15) is 4.39 Å². The van der Waals surface area contributed by atoms with E-state index in [-0.39, 0.29) is 5.02 Å². The molecular formula is C12H9ClFN5. The molecule has 3 aromatic rings. The zero-order chi connectivity index (χ0) is 13.4. The van der Waals surface area contributed by atoms with Crippen LogP contribution in [0.1, 0.15) is 5.56 Å². The van der Waals surface area contributed by atoms with Crippen molar-refractivity contribution in [3.63, 3.8) is 0 Å². The van der Waals surface area contributed by atoms with E-state index >= 15 is 0 Å². The topological polar surface area (TPSA) is 69.6 Å². The number of imidazole rings is 1. The molecule has 96 valence electrons. The minimum absolute atomic E-state index is 0.0936. The standard InChI is InChI=1S/C12H9ClFN5/c13-8-3-7(1-2-9(8)14)4-19-6-18-10-11(15)16-5-17-12(10)19/h1-3,5-6H,4H2,(H2,15,16,17). The maximum absolute atomic E-state index is 13.1. The number of hydrogen-bond donors (Lipinski definition) is 1. The summed E-state index contributed by atoms with van der Waals surface area (Å²) >= 11 is 5.75. The van der Waals surface area contributed by atoms with Crippen LogP contribution in [0.2, 0.25) is 5.02 Å². The van der Waals surface area contributed by atoms with Gasteiger partial charge in [0.05, 0.1) is 17.9 Å². The third-order valence-electron chi connectivity index (χ3n) is 2.77. The van der Waals surface area contributed by atoms with Crippen LogP contribution >= 0.6 is 11.6 Å². The lowest BCUT2D eigenvalue weighted by molar-refractivity contribution is 0.627. The van der Waals surface area contributed by atoms with Crippen molar-refractivity contribution in [3.05, 3.63) is 47.3 Å². The lowest BCUT2D eigenvalue weighted by Gasteiger charge is -2.05. The van der Waals surface area contributed by atoms with Gasteiger partial charge < -0.3 is 10.3 Å². The first kappa shape index (κ1) is 11.9. The minimum atomic E-state index is -0.438. The summed E-state index contributed by atoms with van der Waals surface area (Å²) in [5, 5.41) is 0.0936. The van der Waals surface area contributed by atoms with E-state index in [1.54, 1.807) is 23.0 Å². The number of benzene rings is 1. The Bertz CT molecular complexity index is 755. The first-order valence-electron chi connectivity index (χ1n) is 5.50. The maximum atomic E-state index is 13.1. The molecule has 19 heavy (non-hydrogen) atoms. The van der Waals surface area contributed by atoms with Crippen molar-refractivity contribution in [1.29, 1.82) is 0 Å². The number of hydrogen-bond acceptors (Lipinski definition) is 4. The van der Waals surface area contributed by atoms with Crippen LogP contribution in [0.5, 0.6) is 0 Å². The van der Waals surface area contributed by atoms with Gasteiger partial charge in [-0.2, -0.15) is 0 Å². The molecule has 1 aromatic carbocycles. The van der Waals surface area contributed by atoms with Crippen molar-refractivity contribution in [3.8, 4) is 0 Å². The average Bonchev–Trinajstić information content (AvgIpc) is 2.79. The number of halogens is 2. The number of nitrogens with zero attached hydrogens (tertiary/aromatic N) is 4. The molecule has 2 aromatic heterocycles. The molecular weight excluding hydrogens is 269 g/mol. The third kappa shape index (κ3) is 2.10. The largest absolute Gasteiger partial charge is 0.382 e. The molecule has 2 N–H and O–H groups in total. The third-order valence-corrected chi connectivity index (χ3v) is 3.06. The van der Waals surface area contributed by atoms with Gasteiger partial charge in [-0.05, 0) is 17.7 Å². The molecule has 0 fully saturated rings. The van der Waals surface area contributed by atoms with Crippen molar-refractivity contribution in [2.45, 2.75) is 6.54 Å². The zero-order valence-corrected chi connectivity index (χ0v) is 10.5. The smallest absolute Gasteiger partial charge is 0.165 e. The van der Waals surface area contributed by atoms with Gasteiger partial charge in [0, 0.05) is 0 Å². The lowest BCUT2D eigenvalue weighted by atomic mass is 10.2. The van der Waals surface area contributed by atoms with Crippen molar-refractivity contribution in [2.75, 3.05) is 5.73 Å². The molecule has 0 saturated heterocycles. The fourth-order valence-electron chi connectivity index (χ4n) is 1.85. The highest BCUT2D eigenvalue weighted by Gasteiger charge is 2.08. The second-order valence-corrected chi connectivity index (χ2v) is 4.46. The van der Waals surface area contributed by atoms with Crippen LogP contribution in [0.3, 0.4) is 0 Å². The molecule has 0 amide bonds. The van der Waals surface area contributed by atoms with Crippen LogP contribution in [-0.2, 0) is 6.54 Å². The minimum Gasteiger partial charge on any atom is -0.382 e. The Morgan fingerprint density at radius 1 is 1.26 bits per heavy atom. The SMILES string of the molecule is Nc1ncnc2c1ncn2Cc1ccc(F)c(Cl)c1. The highest BCUT2D eigenvalue weighted by Crippen LogP contribution is 2.19. The van der Waals surface area contributed by atoms with Gasteiger partial charge in [-0.15, -0.1) is 0 Å². The van der Waals surface area contributed by atoms with Crippen molar-refractivity contribution in [1.82, 2.24) is 19.5 Å². The van der Waals surface area contributed by atoms with Crippen LogP contribution in [0.4, 0.5) is 10.2 Å². The first-order chi connectivity index (χ1) is 9.15. The van der Waals surface area contributed by atoms with Crippen LogP contribution in [0.25, 0.3) is 11.2 Å². The van der Waals surface area contributed by atoms with Crippen molar-refractivity contribution in [2.24, 2.45) is 0 Å². The molecule has 0 saturated carbocycles.